The maximum absolute atomic E-state index is 11.9. The first-order valence-electron chi connectivity index (χ1n) is 2.92. The second-order valence-corrected chi connectivity index (χ2v) is 3.36. The smallest absolute Gasteiger partial charge is 0.237 e. The molecule has 11 heavy (non-hydrogen) atoms. The fourth-order valence-electron chi connectivity index (χ4n) is 0.594. The summed E-state index contributed by atoms with van der Waals surface area (Å²) in [4.78, 5) is 4.00. The van der Waals surface area contributed by atoms with Crippen LogP contribution in [-0.2, 0) is 6.18 Å². The summed E-state index contributed by atoms with van der Waals surface area (Å²) in [5.41, 5.74) is 0.460. The van der Waals surface area contributed by atoms with Crippen LogP contribution in [0.3, 0.4) is 0 Å². The molecule has 1 nitrogen and oxygen atoms in total. The number of aryl methyl sites for hydroxylation is 2. The Morgan fingerprint density at radius 2 is 1.82 bits per heavy atom. The number of nitrogens with zero attached hydrogens (tertiary/aromatic N) is 1. The predicted octanol–water partition coefficient (Wildman–Crippen LogP) is 2.78. The zero-order chi connectivity index (χ0) is 8.65. The highest BCUT2D eigenvalue weighted by atomic mass is 32.1. The predicted molar refractivity (Wildman–Crippen MR) is 36.6 cm³/mol. The van der Waals surface area contributed by atoms with Gasteiger partial charge in [0.2, 0.25) is 0 Å². The molecule has 5 heteroatoms. The lowest BCUT2D eigenvalue weighted by molar-refractivity contribution is -0.137. The maximum Gasteiger partial charge on any atom is 0.443 e. The number of rotatable bonds is 0. The van der Waals surface area contributed by atoms with Gasteiger partial charge in [-0.1, -0.05) is 0 Å². The molecule has 0 N–H and O–H groups in total. The molecule has 0 aliphatic rings. The molecular weight excluding hydrogens is 175 g/mol. The van der Waals surface area contributed by atoms with Gasteiger partial charge in [0.1, 0.15) is 0 Å². The molecule has 1 aromatic heterocycles. The number of hydrogen-bond donors (Lipinski definition) is 0. The van der Waals surface area contributed by atoms with Crippen LogP contribution in [0.15, 0.2) is 0 Å². The van der Waals surface area contributed by atoms with Crippen LogP contribution in [0.25, 0.3) is 0 Å². The third-order valence-corrected chi connectivity index (χ3v) is 2.39. The largest absolute Gasteiger partial charge is 0.443 e. The van der Waals surface area contributed by atoms with E-state index in [2.05, 4.69) is 4.98 Å². The Morgan fingerprint density at radius 1 is 1.27 bits per heavy atom. The Hall–Kier alpha value is -0.580. The van der Waals surface area contributed by atoms with Crippen LogP contribution in [0.2, 0.25) is 0 Å². The summed E-state index contributed by atoms with van der Waals surface area (Å²) in [6, 6.07) is 0. The second-order valence-electron chi connectivity index (χ2n) is 2.16. The van der Waals surface area contributed by atoms with Gasteiger partial charge < -0.3 is 0 Å². The Kier molecular flexibility index (Phi) is 1.92. The summed E-state index contributed by atoms with van der Waals surface area (Å²) >= 11 is 0.685. The van der Waals surface area contributed by atoms with Crippen molar-refractivity contribution in [3.8, 4) is 0 Å². The van der Waals surface area contributed by atoms with Gasteiger partial charge in [0, 0.05) is 4.88 Å². The van der Waals surface area contributed by atoms with Gasteiger partial charge in [0.15, 0.2) is 5.01 Å². The lowest BCUT2D eigenvalue weighted by Crippen LogP contribution is -2.03. The van der Waals surface area contributed by atoms with Gasteiger partial charge in [0.25, 0.3) is 0 Å². The van der Waals surface area contributed by atoms with Gasteiger partial charge in [-0.2, -0.15) is 13.2 Å². The van der Waals surface area contributed by atoms with Crippen molar-refractivity contribution in [3.05, 3.63) is 15.6 Å². The molecule has 1 rings (SSSR count). The molecule has 0 aliphatic carbocycles. The van der Waals surface area contributed by atoms with Crippen molar-refractivity contribution in [2.24, 2.45) is 0 Å². The number of aromatic nitrogens is 1. The number of thiazole rings is 1. The first kappa shape index (κ1) is 8.52. The third-order valence-electron chi connectivity index (χ3n) is 1.27. The van der Waals surface area contributed by atoms with Crippen molar-refractivity contribution in [1.29, 1.82) is 0 Å². The Morgan fingerprint density at radius 3 is 2.00 bits per heavy atom. The quantitative estimate of drug-likeness (QED) is 0.599. The molecule has 0 fully saturated rings. The molecule has 0 aliphatic heterocycles. The minimum atomic E-state index is -4.29. The molecule has 1 heterocycles. The zero-order valence-electron chi connectivity index (χ0n) is 5.99. The fourth-order valence-corrected chi connectivity index (χ4v) is 1.38. The van der Waals surface area contributed by atoms with Crippen molar-refractivity contribution < 1.29 is 13.2 Å². The summed E-state index contributed by atoms with van der Waals surface area (Å²) in [5, 5.41) is -0.757. The molecule has 0 saturated carbocycles. The van der Waals surface area contributed by atoms with Crippen LogP contribution in [0.1, 0.15) is 15.6 Å². The van der Waals surface area contributed by atoms with Gasteiger partial charge in [-0.05, 0) is 13.8 Å². The van der Waals surface area contributed by atoms with Crippen LogP contribution in [0.5, 0.6) is 0 Å². The van der Waals surface area contributed by atoms with E-state index in [0.717, 1.165) is 0 Å². The molecule has 0 saturated heterocycles. The number of halogens is 3. The Bertz CT molecular complexity index is 244. The van der Waals surface area contributed by atoms with Gasteiger partial charge >= 0.3 is 6.18 Å². The summed E-state index contributed by atoms with van der Waals surface area (Å²) < 4.78 is 35.8. The Labute approximate surface area is 65.9 Å². The topological polar surface area (TPSA) is 12.9 Å². The molecule has 0 radical (unpaired) electrons. The second kappa shape index (κ2) is 2.48. The standard InChI is InChI=1S/C6H6F3NS/c1-3-4(2)11-5(10-3)6(7,8)9/h1-2H3. The normalized spacial score (nSPS) is 12.1. The summed E-state index contributed by atoms with van der Waals surface area (Å²) in [6.45, 7) is 3.20. The lowest BCUT2D eigenvalue weighted by atomic mass is 10.4. The minimum absolute atomic E-state index is 0.460. The van der Waals surface area contributed by atoms with Crippen molar-refractivity contribution >= 4 is 11.3 Å². The van der Waals surface area contributed by atoms with Crippen LogP contribution in [-0.4, -0.2) is 4.98 Å². The highest BCUT2D eigenvalue weighted by Gasteiger charge is 2.34. The highest BCUT2D eigenvalue weighted by molar-refractivity contribution is 7.11. The number of hydrogen-bond acceptors (Lipinski definition) is 2. The van der Waals surface area contributed by atoms with E-state index in [1.165, 1.54) is 0 Å². The highest BCUT2D eigenvalue weighted by Crippen LogP contribution is 2.33. The first-order chi connectivity index (χ1) is 4.91. The van der Waals surface area contributed by atoms with E-state index >= 15 is 0 Å². The van der Waals surface area contributed by atoms with Gasteiger partial charge in [-0.25, -0.2) is 4.98 Å². The minimum Gasteiger partial charge on any atom is -0.237 e. The van der Waals surface area contributed by atoms with Crippen LogP contribution < -0.4 is 0 Å². The summed E-state index contributed by atoms with van der Waals surface area (Å²) in [6.07, 6.45) is -4.29. The van der Waals surface area contributed by atoms with Crippen LogP contribution in [0.4, 0.5) is 13.2 Å². The molecule has 1 aromatic rings. The molecule has 0 spiro atoms. The van der Waals surface area contributed by atoms with E-state index in [1.807, 2.05) is 0 Å². The van der Waals surface area contributed by atoms with Crippen molar-refractivity contribution in [3.63, 3.8) is 0 Å². The third kappa shape index (κ3) is 1.71. The molecular formula is C6H6F3NS. The lowest BCUT2D eigenvalue weighted by Gasteiger charge is -1.98. The molecule has 0 unspecified atom stereocenters. The van der Waals surface area contributed by atoms with Gasteiger partial charge in [-0.15, -0.1) is 11.3 Å². The summed E-state index contributed by atoms with van der Waals surface area (Å²) in [7, 11) is 0. The van der Waals surface area contributed by atoms with E-state index in [9.17, 15) is 13.2 Å². The number of alkyl halides is 3. The molecule has 0 atom stereocenters. The first-order valence-corrected chi connectivity index (χ1v) is 3.74. The Balaban J connectivity index is 3.08. The van der Waals surface area contributed by atoms with E-state index in [4.69, 9.17) is 0 Å². The van der Waals surface area contributed by atoms with E-state index in [1.54, 1.807) is 13.8 Å². The fraction of sp³-hybridized carbons (Fsp3) is 0.500. The molecule has 62 valence electrons. The molecule has 0 aromatic carbocycles. The monoisotopic (exact) mass is 181 g/mol. The van der Waals surface area contributed by atoms with E-state index in [0.29, 0.717) is 21.9 Å². The van der Waals surface area contributed by atoms with Crippen molar-refractivity contribution in [2.45, 2.75) is 20.0 Å². The molecule has 0 amide bonds. The SMILES string of the molecule is Cc1nc(C(F)(F)F)sc1C. The van der Waals surface area contributed by atoms with E-state index in [-0.39, 0.29) is 0 Å². The average Bonchev–Trinajstić information content (AvgIpc) is 2.11. The average molecular weight is 181 g/mol. The van der Waals surface area contributed by atoms with Crippen molar-refractivity contribution in [2.75, 3.05) is 0 Å². The maximum atomic E-state index is 11.9. The van der Waals surface area contributed by atoms with Crippen LogP contribution >= 0.6 is 11.3 Å². The van der Waals surface area contributed by atoms with Crippen molar-refractivity contribution in [1.82, 2.24) is 4.98 Å². The molecule has 0 bridgehead atoms. The van der Waals surface area contributed by atoms with Crippen LogP contribution in [0, 0.1) is 13.8 Å². The van der Waals surface area contributed by atoms with Gasteiger partial charge in [0.05, 0.1) is 5.69 Å². The zero-order valence-corrected chi connectivity index (χ0v) is 6.81. The summed E-state index contributed by atoms with van der Waals surface area (Å²) in [5.74, 6) is 0. The van der Waals surface area contributed by atoms with Gasteiger partial charge in [-0.3, -0.25) is 0 Å². The van der Waals surface area contributed by atoms with E-state index < -0.39 is 11.2 Å².